The van der Waals surface area contributed by atoms with E-state index < -0.39 is 0 Å². The van der Waals surface area contributed by atoms with Gasteiger partial charge in [0.05, 0.1) is 0 Å². The van der Waals surface area contributed by atoms with Gasteiger partial charge in [-0.05, 0) is 17.7 Å². The normalized spacial score (nSPS) is 10.1. The molecular weight excluding hydrogens is 242 g/mol. The van der Waals surface area contributed by atoms with Crippen LogP contribution in [0.1, 0.15) is 5.56 Å². The van der Waals surface area contributed by atoms with E-state index in [-0.39, 0.29) is 0 Å². The maximum absolute atomic E-state index is 10.1. The molecule has 0 spiro atoms. The van der Waals surface area contributed by atoms with E-state index in [9.17, 15) is 4.79 Å². The van der Waals surface area contributed by atoms with Crippen LogP contribution in [0.5, 0.6) is 0 Å². The molecule has 0 aliphatic carbocycles. The second-order valence-corrected chi connectivity index (χ2v) is 4.88. The molecule has 16 heavy (non-hydrogen) atoms. The Morgan fingerprint density at radius 2 is 2.06 bits per heavy atom. The molecule has 1 rings (SSSR count). The third kappa shape index (κ3) is 4.45. The van der Waals surface area contributed by atoms with E-state index in [1.165, 1.54) is 5.69 Å². The molecule has 1 aromatic carbocycles. The molecule has 0 aromatic heterocycles. The maximum atomic E-state index is 10.1. The molecule has 0 bridgehead atoms. The highest BCUT2D eigenvalue weighted by Crippen LogP contribution is 2.15. The van der Waals surface area contributed by atoms with Gasteiger partial charge in [-0.15, -0.1) is 11.6 Å². The number of nitrogens with zero attached hydrogens (tertiary/aromatic N) is 1. The molecule has 0 aliphatic heterocycles. The summed E-state index contributed by atoms with van der Waals surface area (Å²) in [6, 6.07) is 8.22. The summed E-state index contributed by atoms with van der Waals surface area (Å²) in [7, 11) is 2.05. The summed E-state index contributed by atoms with van der Waals surface area (Å²) in [5.74, 6) is 2.10. The summed E-state index contributed by atoms with van der Waals surface area (Å²) in [5.41, 5.74) is 2.31. The molecular formula is C12H16ClNOS. The number of benzene rings is 1. The standard InChI is InChI=1S/C12H16ClNOS/c1-14(6-8-16-9-7-15)12-4-2-11(10-13)3-5-12/h2-5,7H,6,8-10H2,1H3. The predicted octanol–water partition coefficient (Wildman–Crippen LogP) is 2.79. The van der Waals surface area contributed by atoms with Crippen molar-refractivity contribution in [2.45, 2.75) is 5.88 Å². The number of rotatable bonds is 7. The summed E-state index contributed by atoms with van der Waals surface area (Å²) in [6.45, 7) is 0.943. The van der Waals surface area contributed by atoms with E-state index in [0.29, 0.717) is 11.6 Å². The van der Waals surface area contributed by atoms with Crippen LogP contribution in [0.25, 0.3) is 0 Å². The lowest BCUT2D eigenvalue weighted by Gasteiger charge is -2.19. The van der Waals surface area contributed by atoms with Gasteiger partial charge in [-0.1, -0.05) is 12.1 Å². The van der Waals surface area contributed by atoms with Crippen molar-refractivity contribution in [2.75, 3.05) is 30.0 Å². The Labute approximate surface area is 106 Å². The Hall–Kier alpha value is -0.670. The average Bonchev–Trinajstić information content (AvgIpc) is 2.34. The fraction of sp³-hybridized carbons (Fsp3) is 0.417. The first-order valence-corrected chi connectivity index (χ1v) is 6.84. The van der Waals surface area contributed by atoms with Crippen LogP contribution in [0, 0.1) is 0 Å². The number of hydrogen-bond donors (Lipinski definition) is 0. The molecule has 0 heterocycles. The molecule has 88 valence electrons. The van der Waals surface area contributed by atoms with E-state index in [2.05, 4.69) is 24.1 Å². The Balaban J connectivity index is 2.39. The van der Waals surface area contributed by atoms with Gasteiger partial charge in [-0.3, -0.25) is 0 Å². The van der Waals surface area contributed by atoms with Gasteiger partial charge in [0.1, 0.15) is 6.29 Å². The number of anilines is 1. The highest BCUT2D eigenvalue weighted by molar-refractivity contribution is 7.99. The van der Waals surface area contributed by atoms with E-state index >= 15 is 0 Å². The molecule has 0 unspecified atom stereocenters. The van der Waals surface area contributed by atoms with Crippen LogP contribution in [0.3, 0.4) is 0 Å². The molecule has 0 saturated carbocycles. The Morgan fingerprint density at radius 1 is 1.38 bits per heavy atom. The SMILES string of the molecule is CN(CCSCC=O)c1ccc(CCl)cc1. The topological polar surface area (TPSA) is 20.3 Å². The van der Waals surface area contributed by atoms with Gasteiger partial charge in [-0.2, -0.15) is 11.8 Å². The van der Waals surface area contributed by atoms with Crippen molar-refractivity contribution in [3.05, 3.63) is 29.8 Å². The highest BCUT2D eigenvalue weighted by atomic mass is 35.5. The van der Waals surface area contributed by atoms with Crippen LogP contribution < -0.4 is 4.90 Å². The van der Waals surface area contributed by atoms with Crippen LogP contribution >= 0.6 is 23.4 Å². The quantitative estimate of drug-likeness (QED) is 0.426. The minimum absolute atomic E-state index is 0.555. The number of carbonyl (C=O) groups excluding carboxylic acids is 1. The van der Waals surface area contributed by atoms with E-state index in [1.807, 2.05) is 12.1 Å². The predicted molar refractivity (Wildman–Crippen MR) is 72.7 cm³/mol. The van der Waals surface area contributed by atoms with Crippen molar-refractivity contribution >= 4 is 35.3 Å². The van der Waals surface area contributed by atoms with E-state index in [0.717, 1.165) is 24.1 Å². The van der Waals surface area contributed by atoms with Gasteiger partial charge in [0.2, 0.25) is 0 Å². The Kier molecular flexibility index (Phi) is 6.34. The van der Waals surface area contributed by atoms with Gasteiger partial charge < -0.3 is 9.69 Å². The second-order valence-electron chi connectivity index (χ2n) is 3.46. The van der Waals surface area contributed by atoms with Gasteiger partial charge in [-0.25, -0.2) is 0 Å². The molecule has 0 aliphatic rings. The van der Waals surface area contributed by atoms with Crippen molar-refractivity contribution in [2.24, 2.45) is 0 Å². The van der Waals surface area contributed by atoms with Crippen LogP contribution in [0.2, 0.25) is 0 Å². The fourth-order valence-corrected chi connectivity index (χ4v) is 2.15. The largest absolute Gasteiger partial charge is 0.374 e. The van der Waals surface area contributed by atoms with Crippen LogP contribution in [-0.2, 0) is 10.7 Å². The highest BCUT2D eigenvalue weighted by Gasteiger charge is 2.00. The lowest BCUT2D eigenvalue weighted by atomic mass is 10.2. The monoisotopic (exact) mass is 257 g/mol. The van der Waals surface area contributed by atoms with Crippen LogP contribution in [0.15, 0.2) is 24.3 Å². The number of carbonyl (C=O) groups is 1. The van der Waals surface area contributed by atoms with Crippen molar-refractivity contribution < 1.29 is 4.79 Å². The zero-order valence-corrected chi connectivity index (χ0v) is 10.9. The van der Waals surface area contributed by atoms with Crippen LogP contribution in [0.4, 0.5) is 5.69 Å². The molecule has 2 nitrogen and oxygen atoms in total. The number of hydrogen-bond acceptors (Lipinski definition) is 3. The lowest BCUT2D eigenvalue weighted by molar-refractivity contribution is -0.105. The van der Waals surface area contributed by atoms with Crippen molar-refractivity contribution in [1.82, 2.24) is 0 Å². The number of aldehydes is 1. The third-order valence-corrected chi connectivity index (χ3v) is 3.44. The van der Waals surface area contributed by atoms with Gasteiger partial charge >= 0.3 is 0 Å². The Bertz CT molecular complexity index is 315. The molecule has 0 atom stereocenters. The first kappa shape index (κ1) is 13.4. The first-order valence-electron chi connectivity index (χ1n) is 5.15. The smallest absolute Gasteiger partial charge is 0.129 e. The molecule has 4 heteroatoms. The molecule has 0 saturated heterocycles. The minimum Gasteiger partial charge on any atom is -0.374 e. The van der Waals surface area contributed by atoms with Crippen molar-refractivity contribution in [3.8, 4) is 0 Å². The van der Waals surface area contributed by atoms with E-state index in [1.54, 1.807) is 11.8 Å². The fourth-order valence-electron chi connectivity index (χ4n) is 1.30. The average molecular weight is 258 g/mol. The van der Waals surface area contributed by atoms with Gasteiger partial charge in [0, 0.05) is 36.7 Å². The summed E-state index contributed by atoms with van der Waals surface area (Å²) in [5, 5.41) is 0. The lowest BCUT2D eigenvalue weighted by Crippen LogP contribution is -2.20. The number of alkyl halides is 1. The minimum atomic E-state index is 0.555. The van der Waals surface area contributed by atoms with Gasteiger partial charge in [0.25, 0.3) is 0 Å². The summed E-state index contributed by atoms with van der Waals surface area (Å²) >= 11 is 7.38. The molecule has 0 N–H and O–H groups in total. The zero-order valence-electron chi connectivity index (χ0n) is 9.36. The summed E-state index contributed by atoms with van der Waals surface area (Å²) in [4.78, 5) is 12.3. The first-order chi connectivity index (χ1) is 7.77. The van der Waals surface area contributed by atoms with Crippen LogP contribution in [-0.4, -0.2) is 31.4 Å². The van der Waals surface area contributed by atoms with Crippen molar-refractivity contribution in [3.63, 3.8) is 0 Å². The van der Waals surface area contributed by atoms with E-state index in [4.69, 9.17) is 11.6 Å². The van der Waals surface area contributed by atoms with Crippen molar-refractivity contribution in [1.29, 1.82) is 0 Å². The molecule has 0 amide bonds. The maximum Gasteiger partial charge on any atom is 0.129 e. The summed E-state index contributed by atoms with van der Waals surface area (Å²) < 4.78 is 0. The van der Waals surface area contributed by atoms with Gasteiger partial charge in [0.15, 0.2) is 0 Å². The summed E-state index contributed by atoms with van der Waals surface area (Å²) in [6.07, 6.45) is 0.944. The third-order valence-electron chi connectivity index (χ3n) is 2.29. The Morgan fingerprint density at radius 3 is 2.62 bits per heavy atom. The molecule has 1 aromatic rings. The number of thioether (sulfide) groups is 1. The molecule has 0 radical (unpaired) electrons. The zero-order chi connectivity index (χ0) is 11.8. The second kappa shape index (κ2) is 7.58. The number of halogens is 1. The molecule has 0 fully saturated rings.